The topological polar surface area (TPSA) is 3.24 Å². The standard InChI is InChI=1S/C60H51N/c1-38-22-30-50-51-31-23-39(2)35-57(51)60(56(50)34-38)54-21-13-11-19-48(54)52-33-29-44(37-58(52)60)61(43-28-32-49-47-18-10-12-20-53(47)59(3,4)55(49)36-43)42-26-24-41(25-27-42)46-17-9-8-16-45(46)40-14-6-5-7-15-40/h8-13,16-37,40H,5-7,14-15H2,1-4H3. The Morgan fingerprint density at radius 3 is 1.49 bits per heavy atom. The van der Waals surface area contributed by atoms with Crippen molar-refractivity contribution in [2.45, 2.75) is 76.5 Å². The molecule has 61 heavy (non-hydrogen) atoms. The zero-order valence-electron chi connectivity index (χ0n) is 35.7. The van der Waals surface area contributed by atoms with Gasteiger partial charge in [0.1, 0.15) is 0 Å². The van der Waals surface area contributed by atoms with Crippen molar-refractivity contribution >= 4 is 17.1 Å². The highest BCUT2D eigenvalue weighted by atomic mass is 15.1. The Morgan fingerprint density at radius 1 is 0.393 bits per heavy atom. The molecule has 4 aliphatic carbocycles. The summed E-state index contributed by atoms with van der Waals surface area (Å²) in [5.41, 5.74) is 26.1. The number of hydrogen-bond donors (Lipinski definition) is 0. The Kier molecular flexibility index (Phi) is 8.08. The minimum absolute atomic E-state index is 0.114. The number of benzene rings is 8. The molecule has 4 aliphatic rings. The smallest absolute Gasteiger partial charge is 0.0726 e. The Balaban J connectivity index is 1.07. The van der Waals surface area contributed by atoms with Crippen molar-refractivity contribution in [2.75, 3.05) is 4.90 Å². The first kappa shape index (κ1) is 36.4. The van der Waals surface area contributed by atoms with Gasteiger partial charge in [-0.05, 0) is 152 Å². The van der Waals surface area contributed by atoms with Gasteiger partial charge in [0.05, 0.1) is 5.41 Å². The van der Waals surface area contributed by atoms with Gasteiger partial charge < -0.3 is 4.90 Å². The van der Waals surface area contributed by atoms with E-state index in [9.17, 15) is 0 Å². The molecule has 8 aromatic rings. The molecular formula is C60H51N. The first-order chi connectivity index (χ1) is 29.8. The Hall–Kier alpha value is -6.44. The lowest BCUT2D eigenvalue weighted by molar-refractivity contribution is 0.444. The fourth-order valence-corrected chi connectivity index (χ4v) is 12.1. The van der Waals surface area contributed by atoms with Crippen molar-refractivity contribution in [3.8, 4) is 44.5 Å². The Labute approximate surface area is 361 Å². The Bertz CT molecular complexity index is 3010. The van der Waals surface area contributed by atoms with Crippen LogP contribution >= 0.6 is 0 Å². The van der Waals surface area contributed by atoms with Crippen LogP contribution in [0.2, 0.25) is 0 Å². The van der Waals surface area contributed by atoms with E-state index in [0.29, 0.717) is 5.92 Å². The lowest BCUT2D eigenvalue weighted by Crippen LogP contribution is -2.26. The van der Waals surface area contributed by atoms with Gasteiger partial charge in [0.25, 0.3) is 0 Å². The Morgan fingerprint density at radius 2 is 0.852 bits per heavy atom. The number of fused-ring (bicyclic) bond motifs is 13. The third-order valence-corrected chi connectivity index (χ3v) is 15.0. The van der Waals surface area contributed by atoms with Crippen LogP contribution in [0.1, 0.15) is 102 Å². The quantitative estimate of drug-likeness (QED) is 0.168. The molecule has 296 valence electrons. The van der Waals surface area contributed by atoms with E-state index in [2.05, 4.69) is 202 Å². The lowest BCUT2D eigenvalue weighted by Gasteiger charge is -2.33. The zero-order valence-corrected chi connectivity index (χ0v) is 35.7. The van der Waals surface area contributed by atoms with Gasteiger partial charge in [-0.2, -0.15) is 0 Å². The molecule has 0 atom stereocenters. The largest absolute Gasteiger partial charge is 0.310 e. The number of rotatable bonds is 5. The van der Waals surface area contributed by atoms with Crippen LogP contribution in [-0.2, 0) is 10.8 Å². The lowest BCUT2D eigenvalue weighted by atomic mass is 9.70. The summed E-state index contributed by atoms with van der Waals surface area (Å²) < 4.78 is 0. The maximum atomic E-state index is 2.54. The molecule has 12 rings (SSSR count). The van der Waals surface area contributed by atoms with Crippen LogP contribution in [0.3, 0.4) is 0 Å². The normalized spacial score (nSPS) is 16.1. The molecule has 1 fully saturated rings. The van der Waals surface area contributed by atoms with Gasteiger partial charge in [-0.15, -0.1) is 0 Å². The molecule has 1 heteroatoms. The molecule has 0 aliphatic heterocycles. The molecule has 0 unspecified atom stereocenters. The average Bonchev–Trinajstić information content (AvgIpc) is 3.84. The second-order valence-corrected chi connectivity index (χ2v) is 18.8. The summed E-state index contributed by atoms with van der Waals surface area (Å²) in [6.07, 6.45) is 6.61. The minimum atomic E-state index is -0.426. The van der Waals surface area contributed by atoms with Crippen molar-refractivity contribution in [2.24, 2.45) is 0 Å². The van der Waals surface area contributed by atoms with Gasteiger partial charge in [-0.1, -0.05) is 178 Å². The summed E-state index contributed by atoms with van der Waals surface area (Å²) >= 11 is 0. The monoisotopic (exact) mass is 785 g/mol. The molecule has 0 bridgehead atoms. The second kappa shape index (κ2) is 13.5. The number of nitrogens with zero attached hydrogens (tertiary/aromatic N) is 1. The van der Waals surface area contributed by atoms with Gasteiger partial charge in [-0.3, -0.25) is 0 Å². The van der Waals surface area contributed by atoms with Crippen LogP contribution in [0.25, 0.3) is 44.5 Å². The van der Waals surface area contributed by atoms with Gasteiger partial charge in [-0.25, -0.2) is 0 Å². The van der Waals surface area contributed by atoms with Crippen molar-refractivity contribution in [1.82, 2.24) is 0 Å². The predicted octanol–water partition coefficient (Wildman–Crippen LogP) is 16.1. The summed E-state index contributed by atoms with van der Waals surface area (Å²) in [7, 11) is 0. The molecule has 1 saturated carbocycles. The van der Waals surface area contributed by atoms with Crippen molar-refractivity contribution in [1.29, 1.82) is 0 Å². The molecule has 0 heterocycles. The number of aryl methyl sites for hydroxylation is 2. The van der Waals surface area contributed by atoms with Gasteiger partial charge in [0.2, 0.25) is 0 Å². The van der Waals surface area contributed by atoms with Gasteiger partial charge in [0.15, 0.2) is 0 Å². The van der Waals surface area contributed by atoms with Gasteiger partial charge in [0, 0.05) is 22.5 Å². The maximum Gasteiger partial charge on any atom is 0.0726 e. The SMILES string of the molecule is Cc1ccc2c(c1)C1(c3ccccc3-c3ccc(N(c4ccc(-c5ccccc5C5CCCCC5)cc4)c4ccc5c(c4)C(C)(C)c4ccccc4-5)cc31)c1cc(C)ccc1-2. The van der Waals surface area contributed by atoms with E-state index in [1.807, 2.05) is 0 Å². The molecule has 0 radical (unpaired) electrons. The van der Waals surface area contributed by atoms with E-state index in [1.165, 1.54) is 138 Å². The van der Waals surface area contributed by atoms with E-state index in [0.717, 1.165) is 5.69 Å². The van der Waals surface area contributed by atoms with E-state index in [4.69, 9.17) is 0 Å². The second-order valence-electron chi connectivity index (χ2n) is 18.8. The molecule has 8 aromatic carbocycles. The van der Waals surface area contributed by atoms with Crippen molar-refractivity contribution in [3.63, 3.8) is 0 Å². The summed E-state index contributed by atoms with van der Waals surface area (Å²) in [6, 6.07) is 65.6. The summed E-state index contributed by atoms with van der Waals surface area (Å²) in [6.45, 7) is 9.26. The van der Waals surface area contributed by atoms with Crippen LogP contribution < -0.4 is 4.90 Å². The van der Waals surface area contributed by atoms with E-state index >= 15 is 0 Å². The first-order valence-electron chi connectivity index (χ1n) is 22.5. The summed E-state index contributed by atoms with van der Waals surface area (Å²) in [4.78, 5) is 2.52. The highest BCUT2D eigenvalue weighted by Gasteiger charge is 2.52. The highest BCUT2D eigenvalue weighted by molar-refractivity contribution is 5.97. The van der Waals surface area contributed by atoms with Crippen molar-refractivity contribution < 1.29 is 0 Å². The summed E-state index contributed by atoms with van der Waals surface area (Å²) in [5, 5.41) is 0. The van der Waals surface area contributed by atoms with Crippen LogP contribution in [0, 0.1) is 13.8 Å². The molecule has 0 N–H and O–H groups in total. The molecule has 0 amide bonds. The van der Waals surface area contributed by atoms with E-state index < -0.39 is 5.41 Å². The van der Waals surface area contributed by atoms with E-state index in [1.54, 1.807) is 0 Å². The molecule has 0 saturated heterocycles. The van der Waals surface area contributed by atoms with Crippen LogP contribution in [0.15, 0.2) is 170 Å². The fourth-order valence-electron chi connectivity index (χ4n) is 12.1. The van der Waals surface area contributed by atoms with Crippen LogP contribution in [0.5, 0.6) is 0 Å². The van der Waals surface area contributed by atoms with E-state index in [-0.39, 0.29) is 5.41 Å². The minimum Gasteiger partial charge on any atom is -0.310 e. The summed E-state index contributed by atoms with van der Waals surface area (Å²) in [5.74, 6) is 0.640. The third kappa shape index (κ3) is 5.26. The zero-order chi connectivity index (χ0) is 41.0. The predicted molar refractivity (Wildman–Crippen MR) is 256 cm³/mol. The molecule has 0 aromatic heterocycles. The number of anilines is 3. The maximum absolute atomic E-state index is 2.54. The first-order valence-corrected chi connectivity index (χ1v) is 22.5. The average molecular weight is 786 g/mol. The van der Waals surface area contributed by atoms with Crippen LogP contribution in [0.4, 0.5) is 17.1 Å². The molecular weight excluding hydrogens is 735 g/mol. The molecule has 1 nitrogen and oxygen atoms in total. The van der Waals surface area contributed by atoms with Crippen molar-refractivity contribution in [3.05, 3.63) is 220 Å². The fraction of sp³-hybridized carbons (Fsp3) is 0.200. The highest BCUT2D eigenvalue weighted by Crippen LogP contribution is 2.64. The van der Waals surface area contributed by atoms with Gasteiger partial charge >= 0.3 is 0 Å². The third-order valence-electron chi connectivity index (χ3n) is 15.0. The van der Waals surface area contributed by atoms with Crippen LogP contribution in [-0.4, -0.2) is 0 Å². The molecule has 1 spiro atoms. The number of hydrogen-bond acceptors (Lipinski definition) is 1.